The Morgan fingerprint density at radius 1 is 1.10 bits per heavy atom. The SMILES string of the molecule is COC(=O)c1ccc(-c2ccc(-n3c(=O)n([C@H]4CCN(Cc5nccn5C)C4)c4ncccc43)cc2)c(O)c1. The Morgan fingerprint density at radius 2 is 1.92 bits per heavy atom. The smallest absolute Gasteiger partial charge is 0.337 e. The lowest BCUT2D eigenvalue weighted by Crippen LogP contribution is -2.29. The number of nitrogens with zero attached hydrogens (tertiary/aromatic N) is 6. The lowest BCUT2D eigenvalue weighted by atomic mass is 10.0. The number of benzene rings is 2. The molecule has 1 aliphatic rings. The number of phenols is 1. The molecule has 1 saturated heterocycles. The third-order valence-corrected chi connectivity index (χ3v) is 7.39. The minimum absolute atomic E-state index is 0.000893. The Kier molecular flexibility index (Phi) is 6.24. The van der Waals surface area contributed by atoms with Gasteiger partial charge in [-0.3, -0.25) is 14.0 Å². The van der Waals surface area contributed by atoms with Crippen molar-refractivity contribution in [3.05, 3.63) is 95.1 Å². The highest BCUT2D eigenvalue weighted by atomic mass is 16.5. The van der Waals surface area contributed by atoms with Crippen LogP contribution in [0.2, 0.25) is 0 Å². The molecule has 1 atom stereocenters. The summed E-state index contributed by atoms with van der Waals surface area (Å²) in [5, 5.41) is 10.5. The average molecular weight is 525 g/mol. The molecule has 1 N–H and O–H groups in total. The van der Waals surface area contributed by atoms with E-state index in [9.17, 15) is 14.7 Å². The highest BCUT2D eigenvalue weighted by Gasteiger charge is 2.29. The number of imidazole rings is 2. The van der Waals surface area contributed by atoms with Gasteiger partial charge in [0.15, 0.2) is 5.65 Å². The predicted molar refractivity (Wildman–Crippen MR) is 146 cm³/mol. The highest BCUT2D eigenvalue weighted by molar-refractivity contribution is 5.91. The zero-order valence-electron chi connectivity index (χ0n) is 21.7. The molecule has 0 amide bonds. The molecule has 5 aromatic rings. The van der Waals surface area contributed by atoms with Crippen molar-refractivity contribution >= 4 is 17.1 Å². The third kappa shape index (κ3) is 4.38. The van der Waals surface area contributed by atoms with E-state index in [1.807, 2.05) is 58.8 Å². The number of likely N-dealkylation sites (tertiary alicyclic amines) is 1. The molecular formula is C29H28N6O4. The summed E-state index contributed by atoms with van der Waals surface area (Å²) in [5.74, 6) is 0.452. The number of aromatic hydroxyl groups is 1. The van der Waals surface area contributed by atoms with Gasteiger partial charge in [-0.25, -0.2) is 19.6 Å². The van der Waals surface area contributed by atoms with Crippen molar-refractivity contribution in [2.75, 3.05) is 20.2 Å². The first-order valence-corrected chi connectivity index (χ1v) is 12.7. The summed E-state index contributed by atoms with van der Waals surface area (Å²) >= 11 is 0. The van der Waals surface area contributed by atoms with Crippen LogP contribution in [-0.4, -0.2) is 59.8 Å². The van der Waals surface area contributed by atoms with Gasteiger partial charge in [-0.1, -0.05) is 12.1 Å². The van der Waals surface area contributed by atoms with Crippen LogP contribution in [0.15, 0.2) is 78.0 Å². The van der Waals surface area contributed by atoms with Crippen LogP contribution in [0, 0.1) is 0 Å². The molecule has 0 saturated carbocycles. The second-order valence-electron chi connectivity index (χ2n) is 9.74. The number of aromatic nitrogens is 5. The molecule has 10 heteroatoms. The van der Waals surface area contributed by atoms with Crippen molar-refractivity contribution in [2.24, 2.45) is 7.05 Å². The number of pyridine rings is 1. The van der Waals surface area contributed by atoms with Crippen LogP contribution in [0.1, 0.15) is 28.6 Å². The van der Waals surface area contributed by atoms with Gasteiger partial charge in [0, 0.05) is 44.3 Å². The van der Waals surface area contributed by atoms with Crippen LogP contribution in [-0.2, 0) is 18.3 Å². The minimum atomic E-state index is -0.515. The second-order valence-corrected chi connectivity index (χ2v) is 9.74. The van der Waals surface area contributed by atoms with Crippen molar-refractivity contribution in [3.8, 4) is 22.6 Å². The van der Waals surface area contributed by atoms with Gasteiger partial charge < -0.3 is 14.4 Å². The largest absolute Gasteiger partial charge is 0.507 e. The average Bonchev–Trinajstić information content (AvgIpc) is 3.65. The number of carbonyl (C=O) groups is 1. The first-order valence-electron chi connectivity index (χ1n) is 12.7. The van der Waals surface area contributed by atoms with E-state index in [-0.39, 0.29) is 23.0 Å². The number of carbonyl (C=O) groups excluding carboxylic acids is 1. The Labute approximate surface area is 224 Å². The number of hydrogen-bond acceptors (Lipinski definition) is 7. The van der Waals surface area contributed by atoms with Crippen LogP contribution < -0.4 is 5.69 Å². The number of aryl methyl sites for hydroxylation is 1. The normalized spacial score (nSPS) is 15.7. The molecule has 39 heavy (non-hydrogen) atoms. The fourth-order valence-corrected chi connectivity index (χ4v) is 5.35. The summed E-state index contributed by atoms with van der Waals surface area (Å²) in [5.41, 5.74) is 3.56. The molecule has 1 aliphatic heterocycles. The summed E-state index contributed by atoms with van der Waals surface area (Å²) < 4.78 is 10.2. The van der Waals surface area contributed by atoms with Crippen LogP contribution in [0.4, 0.5) is 0 Å². The van der Waals surface area contributed by atoms with Gasteiger partial charge in [0.2, 0.25) is 0 Å². The number of esters is 1. The lowest BCUT2D eigenvalue weighted by molar-refractivity contribution is 0.0600. The molecular weight excluding hydrogens is 496 g/mol. The Hall–Kier alpha value is -4.70. The first-order chi connectivity index (χ1) is 18.9. The molecule has 6 rings (SSSR count). The molecule has 0 spiro atoms. The van der Waals surface area contributed by atoms with Crippen molar-refractivity contribution in [3.63, 3.8) is 0 Å². The van der Waals surface area contributed by atoms with Gasteiger partial charge in [-0.15, -0.1) is 0 Å². The second kappa shape index (κ2) is 9.88. The minimum Gasteiger partial charge on any atom is -0.507 e. The summed E-state index contributed by atoms with van der Waals surface area (Å²) in [6, 6.07) is 15.8. The van der Waals surface area contributed by atoms with Crippen molar-refractivity contribution in [1.29, 1.82) is 0 Å². The van der Waals surface area contributed by atoms with Crippen LogP contribution in [0.5, 0.6) is 5.75 Å². The van der Waals surface area contributed by atoms with E-state index in [1.54, 1.807) is 29.1 Å². The fraction of sp³-hybridized carbons (Fsp3) is 0.241. The standard InChI is InChI=1S/C29H28N6O4/c1-32-15-13-30-26(32)18-33-14-11-22(17-33)35-27-24(4-3-12-31-27)34(29(35)38)21-8-5-19(6-9-21)23-10-7-20(16-25(23)36)28(37)39-2/h3-10,12-13,15-16,22,36H,11,14,17-18H2,1-2H3/t22-/m0/s1. The van der Waals surface area contributed by atoms with E-state index >= 15 is 0 Å². The molecule has 3 aromatic heterocycles. The van der Waals surface area contributed by atoms with E-state index in [0.29, 0.717) is 16.9 Å². The molecule has 2 aromatic carbocycles. The molecule has 4 heterocycles. The number of ether oxygens (including phenoxy) is 1. The van der Waals surface area contributed by atoms with Crippen LogP contribution in [0.25, 0.3) is 28.0 Å². The topological polar surface area (TPSA) is 107 Å². The van der Waals surface area contributed by atoms with Gasteiger partial charge in [-0.2, -0.15) is 0 Å². The number of methoxy groups -OCH3 is 1. The fourth-order valence-electron chi connectivity index (χ4n) is 5.35. The van der Waals surface area contributed by atoms with Gasteiger partial charge >= 0.3 is 11.7 Å². The molecule has 0 aliphatic carbocycles. The Balaban J connectivity index is 1.32. The lowest BCUT2D eigenvalue weighted by Gasteiger charge is -2.16. The van der Waals surface area contributed by atoms with Gasteiger partial charge in [-0.05, 0) is 54.4 Å². The highest BCUT2D eigenvalue weighted by Crippen LogP contribution is 2.32. The van der Waals surface area contributed by atoms with E-state index in [2.05, 4.69) is 14.9 Å². The summed E-state index contributed by atoms with van der Waals surface area (Å²) in [6.07, 6.45) is 6.30. The summed E-state index contributed by atoms with van der Waals surface area (Å²) in [6.45, 7) is 2.34. The Morgan fingerprint density at radius 3 is 2.64 bits per heavy atom. The monoisotopic (exact) mass is 524 g/mol. The maximum atomic E-state index is 13.9. The number of phenolic OH excluding ortho intramolecular Hbond substituents is 1. The predicted octanol–water partition coefficient (Wildman–Crippen LogP) is 3.53. The number of hydrogen-bond donors (Lipinski definition) is 1. The van der Waals surface area contributed by atoms with E-state index in [1.165, 1.54) is 13.2 Å². The van der Waals surface area contributed by atoms with Crippen LogP contribution in [0.3, 0.4) is 0 Å². The summed E-state index contributed by atoms with van der Waals surface area (Å²) in [7, 11) is 3.29. The van der Waals surface area contributed by atoms with Crippen molar-refractivity contribution in [1.82, 2.24) is 28.6 Å². The quantitative estimate of drug-likeness (QED) is 0.339. The molecule has 0 radical (unpaired) electrons. The van der Waals surface area contributed by atoms with Crippen molar-refractivity contribution < 1.29 is 14.6 Å². The molecule has 1 fully saturated rings. The molecule has 0 bridgehead atoms. The Bertz CT molecular complexity index is 1730. The molecule has 10 nitrogen and oxygen atoms in total. The third-order valence-electron chi connectivity index (χ3n) is 7.39. The van der Waals surface area contributed by atoms with E-state index in [0.717, 1.165) is 43.0 Å². The number of fused-ring (bicyclic) bond motifs is 1. The molecule has 0 unspecified atom stereocenters. The van der Waals surface area contributed by atoms with Crippen molar-refractivity contribution in [2.45, 2.75) is 19.0 Å². The van der Waals surface area contributed by atoms with Gasteiger partial charge in [0.1, 0.15) is 11.6 Å². The zero-order chi connectivity index (χ0) is 27.1. The summed E-state index contributed by atoms with van der Waals surface area (Å²) in [4.78, 5) is 37.0. The molecule has 198 valence electrons. The maximum Gasteiger partial charge on any atom is 0.337 e. The number of rotatable bonds is 6. The van der Waals surface area contributed by atoms with Crippen LogP contribution >= 0.6 is 0 Å². The van der Waals surface area contributed by atoms with E-state index < -0.39 is 5.97 Å². The van der Waals surface area contributed by atoms with Gasteiger partial charge in [0.25, 0.3) is 0 Å². The first kappa shape index (κ1) is 24.6. The maximum absolute atomic E-state index is 13.9. The zero-order valence-corrected chi connectivity index (χ0v) is 21.7. The van der Waals surface area contributed by atoms with Gasteiger partial charge in [0.05, 0.1) is 36.5 Å². The van der Waals surface area contributed by atoms with E-state index in [4.69, 9.17) is 4.74 Å².